The van der Waals surface area contributed by atoms with E-state index in [1.54, 1.807) is 30.3 Å². The lowest BCUT2D eigenvalue weighted by Gasteiger charge is -2.06. The van der Waals surface area contributed by atoms with Gasteiger partial charge in [-0.15, -0.1) is 0 Å². The third kappa shape index (κ3) is 5.35. The lowest BCUT2D eigenvalue weighted by atomic mass is 10.0. The largest absolute Gasteiger partial charge is 0.269 e. The normalized spacial score (nSPS) is 10.8. The van der Waals surface area contributed by atoms with Gasteiger partial charge in [0.15, 0.2) is 0 Å². The fourth-order valence-electron chi connectivity index (χ4n) is 2.00. The summed E-state index contributed by atoms with van der Waals surface area (Å²) in [6.07, 6.45) is 3.08. The molecule has 0 aliphatic carbocycles. The predicted molar refractivity (Wildman–Crippen MR) is 99.3 cm³/mol. The molecule has 2 amide bonds. The number of carbonyl (C=O) groups excluding carboxylic acids is 2. The van der Waals surface area contributed by atoms with Gasteiger partial charge in [0.05, 0.1) is 0 Å². The average Bonchev–Trinajstić information content (AvgIpc) is 2.58. The lowest BCUT2D eigenvalue weighted by Crippen LogP contribution is -2.40. The molecule has 0 aliphatic rings. The highest BCUT2D eigenvalue weighted by molar-refractivity contribution is 9.10. The monoisotopic (exact) mass is 386 g/mol. The van der Waals surface area contributed by atoms with Crippen LogP contribution in [0.4, 0.5) is 0 Å². The van der Waals surface area contributed by atoms with Crippen LogP contribution in [0.5, 0.6) is 0 Å². The smallest absolute Gasteiger partial charge is 0.268 e. The van der Waals surface area contributed by atoms with Crippen molar-refractivity contribution in [3.05, 3.63) is 75.8 Å². The molecule has 0 saturated heterocycles. The quantitative estimate of drug-likeness (QED) is 0.615. The molecule has 0 spiro atoms. The Morgan fingerprint density at radius 3 is 2.17 bits per heavy atom. The van der Waals surface area contributed by atoms with Gasteiger partial charge >= 0.3 is 0 Å². The lowest BCUT2D eigenvalue weighted by molar-refractivity contribution is -0.117. The highest BCUT2D eigenvalue weighted by atomic mass is 79.9. The molecular formula is C19H19BrN2O2. The number of hydrogen-bond acceptors (Lipinski definition) is 2. The third-order valence-electron chi connectivity index (χ3n) is 3.44. The Hall–Kier alpha value is -2.40. The highest BCUT2D eigenvalue weighted by Gasteiger charge is 2.05. The van der Waals surface area contributed by atoms with Gasteiger partial charge in [0.1, 0.15) is 0 Å². The molecular weight excluding hydrogens is 368 g/mol. The van der Waals surface area contributed by atoms with Gasteiger partial charge in [-0.05, 0) is 47.4 Å². The van der Waals surface area contributed by atoms with E-state index in [0.717, 1.165) is 10.0 Å². The van der Waals surface area contributed by atoms with E-state index in [1.807, 2.05) is 24.3 Å². The van der Waals surface area contributed by atoms with Crippen molar-refractivity contribution in [3.63, 3.8) is 0 Å². The van der Waals surface area contributed by atoms with Gasteiger partial charge in [-0.3, -0.25) is 20.4 Å². The second-order valence-corrected chi connectivity index (χ2v) is 6.52. The standard InChI is InChI=1S/C19H19BrN2O2/c1-13(2)15-6-3-14(4-7-15)5-12-18(23)21-22-19(24)16-8-10-17(20)11-9-16/h3-13H,1-2H3,(H,21,23)(H,22,24). The summed E-state index contributed by atoms with van der Waals surface area (Å²) < 4.78 is 0.884. The molecule has 124 valence electrons. The molecule has 0 atom stereocenters. The topological polar surface area (TPSA) is 58.2 Å². The van der Waals surface area contributed by atoms with Crippen molar-refractivity contribution in [2.24, 2.45) is 0 Å². The number of amides is 2. The zero-order valence-corrected chi connectivity index (χ0v) is 15.1. The van der Waals surface area contributed by atoms with Gasteiger partial charge < -0.3 is 0 Å². The fraction of sp³-hybridized carbons (Fsp3) is 0.158. The van der Waals surface area contributed by atoms with Gasteiger partial charge in [0, 0.05) is 16.1 Å². The first-order valence-corrected chi connectivity index (χ1v) is 8.39. The number of benzene rings is 2. The van der Waals surface area contributed by atoms with Crippen LogP contribution in [0, 0.1) is 0 Å². The first-order valence-electron chi connectivity index (χ1n) is 7.59. The fourth-order valence-corrected chi connectivity index (χ4v) is 2.26. The van der Waals surface area contributed by atoms with Crippen LogP contribution in [-0.4, -0.2) is 11.8 Å². The van der Waals surface area contributed by atoms with Crippen LogP contribution in [0.15, 0.2) is 59.1 Å². The van der Waals surface area contributed by atoms with Crippen molar-refractivity contribution >= 4 is 33.8 Å². The minimum atomic E-state index is -0.395. The number of rotatable bonds is 4. The van der Waals surface area contributed by atoms with Crippen LogP contribution in [0.3, 0.4) is 0 Å². The molecule has 2 N–H and O–H groups in total. The maximum atomic E-state index is 11.9. The summed E-state index contributed by atoms with van der Waals surface area (Å²) in [6.45, 7) is 4.26. The Kier molecular flexibility index (Phi) is 6.32. The van der Waals surface area contributed by atoms with Crippen LogP contribution in [0.1, 0.15) is 41.3 Å². The van der Waals surface area contributed by atoms with Crippen LogP contribution < -0.4 is 10.9 Å². The maximum Gasteiger partial charge on any atom is 0.269 e. The first-order chi connectivity index (χ1) is 11.5. The SMILES string of the molecule is CC(C)c1ccc(C=CC(=O)NNC(=O)c2ccc(Br)cc2)cc1. The summed E-state index contributed by atoms with van der Waals surface area (Å²) in [5.74, 6) is -0.293. The molecule has 0 radical (unpaired) electrons. The minimum Gasteiger partial charge on any atom is -0.268 e. The number of hydrogen-bond donors (Lipinski definition) is 2. The molecule has 0 saturated carbocycles. The molecule has 0 unspecified atom stereocenters. The second-order valence-electron chi connectivity index (χ2n) is 5.60. The summed E-state index contributed by atoms with van der Waals surface area (Å²) >= 11 is 3.30. The van der Waals surface area contributed by atoms with Crippen molar-refractivity contribution in [3.8, 4) is 0 Å². The zero-order valence-electron chi connectivity index (χ0n) is 13.5. The Balaban J connectivity index is 1.86. The molecule has 24 heavy (non-hydrogen) atoms. The van der Waals surface area contributed by atoms with Gasteiger partial charge in [0.2, 0.25) is 0 Å². The summed E-state index contributed by atoms with van der Waals surface area (Å²) in [5.41, 5.74) is 7.37. The molecule has 0 aliphatic heterocycles. The Morgan fingerprint density at radius 1 is 0.958 bits per heavy atom. The molecule has 0 bridgehead atoms. The van der Waals surface area contributed by atoms with Crippen LogP contribution >= 0.6 is 15.9 Å². The molecule has 5 heteroatoms. The van der Waals surface area contributed by atoms with Crippen molar-refractivity contribution < 1.29 is 9.59 Å². The van der Waals surface area contributed by atoms with Crippen molar-refractivity contribution in [1.29, 1.82) is 0 Å². The van der Waals surface area contributed by atoms with E-state index in [0.29, 0.717) is 11.5 Å². The van der Waals surface area contributed by atoms with Crippen LogP contribution in [0.2, 0.25) is 0 Å². The molecule has 0 heterocycles. The average molecular weight is 387 g/mol. The summed E-state index contributed by atoms with van der Waals surface area (Å²) in [4.78, 5) is 23.6. The number of carbonyl (C=O) groups is 2. The van der Waals surface area contributed by atoms with Gasteiger partial charge in [0.25, 0.3) is 11.8 Å². The first kappa shape index (κ1) is 17.9. The summed E-state index contributed by atoms with van der Waals surface area (Å²) in [7, 11) is 0. The van der Waals surface area contributed by atoms with Crippen molar-refractivity contribution in [1.82, 2.24) is 10.9 Å². The van der Waals surface area contributed by atoms with E-state index in [-0.39, 0.29) is 5.91 Å². The van der Waals surface area contributed by atoms with E-state index >= 15 is 0 Å². The molecule has 0 aromatic heterocycles. The Labute approximate surface area is 150 Å². The number of hydrazine groups is 1. The van der Waals surface area contributed by atoms with E-state index in [1.165, 1.54) is 11.6 Å². The van der Waals surface area contributed by atoms with Gasteiger partial charge in [-0.2, -0.15) is 0 Å². The molecule has 2 rings (SSSR count). The summed E-state index contributed by atoms with van der Waals surface area (Å²) in [5, 5.41) is 0. The Bertz CT molecular complexity index is 735. The Morgan fingerprint density at radius 2 is 1.58 bits per heavy atom. The van der Waals surface area contributed by atoms with E-state index in [4.69, 9.17) is 0 Å². The van der Waals surface area contributed by atoms with Crippen molar-refractivity contribution in [2.75, 3.05) is 0 Å². The van der Waals surface area contributed by atoms with E-state index in [9.17, 15) is 9.59 Å². The zero-order chi connectivity index (χ0) is 17.5. The van der Waals surface area contributed by atoms with Gasteiger partial charge in [-0.1, -0.05) is 54.0 Å². The molecule has 0 fully saturated rings. The second kappa shape index (κ2) is 8.45. The highest BCUT2D eigenvalue weighted by Crippen LogP contribution is 2.15. The molecule has 2 aromatic carbocycles. The molecule has 2 aromatic rings. The molecule has 4 nitrogen and oxygen atoms in total. The van der Waals surface area contributed by atoms with Crippen molar-refractivity contribution in [2.45, 2.75) is 19.8 Å². The number of nitrogens with one attached hydrogen (secondary N) is 2. The minimum absolute atomic E-state index is 0.370. The van der Waals surface area contributed by atoms with E-state index < -0.39 is 5.91 Å². The number of halogens is 1. The summed E-state index contributed by atoms with van der Waals surface area (Å²) in [6, 6.07) is 14.8. The van der Waals surface area contributed by atoms with Gasteiger partial charge in [-0.25, -0.2) is 0 Å². The van der Waals surface area contributed by atoms with Crippen LogP contribution in [-0.2, 0) is 4.79 Å². The predicted octanol–water partition coefficient (Wildman–Crippen LogP) is 4.05. The third-order valence-corrected chi connectivity index (χ3v) is 3.96. The van der Waals surface area contributed by atoms with E-state index in [2.05, 4.69) is 40.6 Å². The maximum absolute atomic E-state index is 11.9. The van der Waals surface area contributed by atoms with Crippen LogP contribution in [0.25, 0.3) is 6.08 Å².